The number of aromatic nitrogens is 1. The summed E-state index contributed by atoms with van der Waals surface area (Å²) in [6, 6.07) is 1.38. The van der Waals surface area contributed by atoms with Gasteiger partial charge in [-0.05, 0) is 12.1 Å². The molecule has 1 aliphatic heterocycles. The van der Waals surface area contributed by atoms with E-state index in [2.05, 4.69) is 4.98 Å². The van der Waals surface area contributed by atoms with Gasteiger partial charge >= 0.3 is 12.1 Å². The van der Waals surface area contributed by atoms with E-state index < -0.39 is 38.7 Å². The van der Waals surface area contributed by atoms with Crippen molar-refractivity contribution in [1.29, 1.82) is 0 Å². The van der Waals surface area contributed by atoms with E-state index >= 15 is 0 Å². The molecule has 2 heterocycles. The Morgan fingerprint density at radius 1 is 1.35 bits per heavy atom. The van der Waals surface area contributed by atoms with Crippen LogP contribution in [0.4, 0.5) is 13.2 Å². The first-order chi connectivity index (χ1) is 9.12. The molecule has 10 heteroatoms. The zero-order valence-electron chi connectivity index (χ0n) is 9.83. The summed E-state index contributed by atoms with van der Waals surface area (Å²) >= 11 is 0. The van der Waals surface area contributed by atoms with Crippen molar-refractivity contribution in [2.45, 2.75) is 11.1 Å². The first kappa shape index (κ1) is 14.7. The number of hydrogen-bond acceptors (Lipinski definition) is 4. The molecule has 0 radical (unpaired) electrons. The van der Waals surface area contributed by atoms with Crippen LogP contribution < -0.4 is 0 Å². The highest BCUT2D eigenvalue weighted by Gasteiger charge is 2.41. The van der Waals surface area contributed by atoms with Crippen molar-refractivity contribution in [2.24, 2.45) is 5.92 Å². The molecule has 2 rings (SSSR count). The van der Waals surface area contributed by atoms with Crippen molar-refractivity contribution < 1.29 is 31.5 Å². The molecule has 0 bridgehead atoms. The lowest BCUT2D eigenvalue weighted by molar-refractivity contribution is -0.145. The Morgan fingerprint density at radius 2 is 1.95 bits per heavy atom. The molecule has 1 aromatic rings. The van der Waals surface area contributed by atoms with Crippen LogP contribution in [0.3, 0.4) is 0 Å². The molecule has 0 atom stereocenters. The Balaban J connectivity index is 2.18. The van der Waals surface area contributed by atoms with Crippen molar-refractivity contribution >= 4 is 16.0 Å². The minimum absolute atomic E-state index is 0.196. The van der Waals surface area contributed by atoms with Gasteiger partial charge in [-0.3, -0.25) is 9.78 Å². The second kappa shape index (κ2) is 4.70. The lowest BCUT2D eigenvalue weighted by atomic mass is 10.0. The highest BCUT2D eigenvalue weighted by molar-refractivity contribution is 7.89. The van der Waals surface area contributed by atoms with E-state index in [4.69, 9.17) is 5.11 Å². The lowest BCUT2D eigenvalue weighted by Crippen LogP contribution is -2.52. The van der Waals surface area contributed by atoms with Crippen LogP contribution in [-0.2, 0) is 21.0 Å². The van der Waals surface area contributed by atoms with Gasteiger partial charge in [0, 0.05) is 19.3 Å². The molecule has 0 saturated carbocycles. The number of aliphatic carboxylic acids is 1. The van der Waals surface area contributed by atoms with Gasteiger partial charge in [-0.15, -0.1) is 0 Å². The van der Waals surface area contributed by atoms with Gasteiger partial charge in [0.1, 0.15) is 10.6 Å². The Kier molecular flexibility index (Phi) is 3.46. The third-order valence-electron chi connectivity index (χ3n) is 2.86. The van der Waals surface area contributed by atoms with Crippen molar-refractivity contribution in [2.75, 3.05) is 13.1 Å². The van der Waals surface area contributed by atoms with E-state index in [-0.39, 0.29) is 13.1 Å². The van der Waals surface area contributed by atoms with Crippen molar-refractivity contribution in [3.63, 3.8) is 0 Å². The van der Waals surface area contributed by atoms with Gasteiger partial charge in [0.2, 0.25) is 10.0 Å². The van der Waals surface area contributed by atoms with Gasteiger partial charge in [0.15, 0.2) is 0 Å². The molecule has 1 aliphatic rings. The van der Waals surface area contributed by atoms with E-state index in [1.807, 2.05) is 0 Å². The van der Waals surface area contributed by atoms with E-state index in [1.54, 1.807) is 0 Å². The Labute approximate surface area is 111 Å². The third kappa shape index (κ3) is 2.61. The molecule has 0 aliphatic carbocycles. The highest BCUT2D eigenvalue weighted by atomic mass is 32.2. The van der Waals surface area contributed by atoms with E-state index in [1.165, 1.54) is 0 Å². The van der Waals surface area contributed by atoms with Gasteiger partial charge < -0.3 is 5.11 Å². The predicted molar refractivity (Wildman–Crippen MR) is 59.1 cm³/mol. The maximum Gasteiger partial charge on any atom is 0.433 e. The fourth-order valence-electron chi connectivity index (χ4n) is 1.64. The van der Waals surface area contributed by atoms with Crippen LogP contribution in [0, 0.1) is 5.92 Å². The first-order valence-corrected chi connectivity index (χ1v) is 6.82. The summed E-state index contributed by atoms with van der Waals surface area (Å²) in [6.07, 6.45) is -4.03. The Morgan fingerprint density at radius 3 is 2.35 bits per heavy atom. The number of nitrogens with zero attached hydrogens (tertiary/aromatic N) is 2. The number of halogens is 3. The Bertz CT molecular complexity index is 621. The monoisotopic (exact) mass is 310 g/mol. The van der Waals surface area contributed by atoms with Crippen molar-refractivity contribution in [3.05, 3.63) is 24.0 Å². The van der Waals surface area contributed by atoms with Crippen LogP contribution in [-0.4, -0.2) is 41.9 Å². The molecule has 6 nitrogen and oxygen atoms in total. The van der Waals surface area contributed by atoms with E-state index in [9.17, 15) is 26.4 Å². The van der Waals surface area contributed by atoms with Gasteiger partial charge in [-0.25, -0.2) is 8.42 Å². The topological polar surface area (TPSA) is 87.6 Å². The fourth-order valence-corrected chi connectivity index (χ4v) is 3.12. The number of carbonyl (C=O) groups is 1. The van der Waals surface area contributed by atoms with Crippen molar-refractivity contribution in [1.82, 2.24) is 9.29 Å². The summed E-state index contributed by atoms with van der Waals surface area (Å²) in [5, 5.41) is 8.65. The van der Waals surface area contributed by atoms with E-state index in [0.29, 0.717) is 12.3 Å². The molecule has 1 saturated heterocycles. The molecule has 0 amide bonds. The average Bonchev–Trinajstić information content (AvgIpc) is 2.25. The van der Waals surface area contributed by atoms with Gasteiger partial charge in [0.25, 0.3) is 0 Å². The summed E-state index contributed by atoms with van der Waals surface area (Å²) in [7, 11) is -3.99. The second-order valence-corrected chi connectivity index (χ2v) is 6.17. The van der Waals surface area contributed by atoms with Gasteiger partial charge in [-0.1, -0.05) is 0 Å². The third-order valence-corrected chi connectivity index (χ3v) is 4.68. The molecule has 1 aromatic heterocycles. The van der Waals surface area contributed by atoms with Crippen LogP contribution >= 0.6 is 0 Å². The normalized spacial score (nSPS) is 17.8. The molecular formula is C10H9F3N2O4S. The summed E-state index contributed by atoms with van der Waals surface area (Å²) in [5.41, 5.74) is -1.19. The van der Waals surface area contributed by atoms with Crippen LogP contribution in [0.25, 0.3) is 0 Å². The summed E-state index contributed by atoms with van der Waals surface area (Å²) in [4.78, 5) is 13.3. The number of rotatable bonds is 3. The number of alkyl halides is 3. The maximum absolute atomic E-state index is 12.3. The minimum atomic E-state index is -4.65. The number of sulfonamides is 1. The molecule has 0 unspecified atom stereocenters. The highest BCUT2D eigenvalue weighted by Crippen LogP contribution is 2.29. The number of pyridine rings is 1. The average molecular weight is 310 g/mol. The lowest BCUT2D eigenvalue weighted by Gasteiger charge is -2.35. The van der Waals surface area contributed by atoms with Crippen LogP contribution in [0.1, 0.15) is 5.69 Å². The van der Waals surface area contributed by atoms with E-state index in [0.717, 1.165) is 10.4 Å². The Hall–Kier alpha value is -1.68. The summed E-state index contributed by atoms with van der Waals surface area (Å²) in [5.74, 6) is -1.89. The quantitative estimate of drug-likeness (QED) is 0.892. The predicted octanol–water partition coefficient (Wildman–Crippen LogP) is 0.805. The van der Waals surface area contributed by atoms with Crippen LogP contribution in [0.2, 0.25) is 0 Å². The van der Waals surface area contributed by atoms with Crippen LogP contribution in [0.15, 0.2) is 23.2 Å². The van der Waals surface area contributed by atoms with Gasteiger partial charge in [-0.2, -0.15) is 17.5 Å². The smallest absolute Gasteiger partial charge is 0.433 e. The van der Waals surface area contributed by atoms with Gasteiger partial charge in [0.05, 0.1) is 5.92 Å². The molecule has 1 fully saturated rings. The molecule has 110 valence electrons. The largest absolute Gasteiger partial charge is 0.481 e. The van der Waals surface area contributed by atoms with Crippen molar-refractivity contribution in [3.8, 4) is 0 Å². The fraction of sp³-hybridized carbons (Fsp3) is 0.400. The molecule has 0 spiro atoms. The number of carboxylic acid groups (broad SMARTS) is 1. The molecule has 1 N–H and O–H groups in total. The molecule has 20 heavy (non-hydrogen) atoms. The number of hydrogen-bond donors (Lipinski definition) is 1. The summed E-state index contributed by atoms with van der Waals surface area (Å²) < 4.78 is 61.7. The SMILES string of the molecule is O=C(O)C1CN(S(=O)(=O)c2ccc(C(F)(F)F)nc2)C1. The minimum Gasteiger partial charge on any atom is -0.481 e. The van der Waals surface area contributed by atoms with Crippen LogP contribution in [0.5, 0.6) is 0 Å². The zero-order chi connectivity index (χ0) is 15.1. The number of carboxylic acids is 1. The first-order valence-electron chi connectivity index (χ1n) is 5.38. The standard InChI is InChI=1S/C10H9F3N2O4S/c11-10(12,13)8-2-1-7(3-14-8)20(18,19)15-4-6(5-15)9(16)17/h1-3,6H,4-5H2,(H,16,17). The zero-order valence-corrected chi connectivity index (χ0v) is 10.6. The maximum atomic E-state index is 12.3. The molecular weight excluding hydrogens is 301 g/mol. The second-order valence-electron chi connectivity index (χ2n) is 4.23. The summed E-state index contributed by atoms with van der Waals surface area (Å²) in [6.45, 7) is -0.391. The molecule has 0 aromatic carbocycles.